The van der Waals surface area contributed by atoms with E-state index in [9.17, 15) is 0 Å². The third-order valence-corrected chi connectivity index (χ3v) is 2.40. The molecular formula is C10H18N4. The van der Waals surface area contributed by atoms with Crippen molar-refractivity contribution in [1.82, 2.24) is 9.97 Å². The fourth-order valence-electron chi connectivity index (χ4n) is 1.67. The molecule has 0 radical (unpaired) electrons. The quantitative estimate of drug-likeness (QED) is 0.759. The summed E-state index contributed by atoms with van der Waals surface area (Å²) in [5.74, 6) is 0.994. The predicted octanol–water partition coefficient (Wildman–Crippen LogP) is 1.20. The summed E-state index contributed by atoms with van der Waals surface area (Å²) in [7, 11) is 1.82. The maximum Gasteiger partial charge on any atom is 0.222 e. The van der Waals surface area contributed by atoms with Gasteiger partial charge in [-0.15, -0.1) is 0 Å². The zero-order valence-electron chi connectivity index (χ0n) is 9.26. The molecule has 1 atom stereocenters. The third-order valence-electron chi connectivity index (χ3n) is 2.40. The van der Waals surface area contributed by atoms with E-state index < -0.39 is 0 Å². The minimum atomic E-state index is 0.320. The molecule has 0 saturated heterocycles. The fourth-order valence-corrected chi connectivity index (χ4v) is 1.67. The van der Waals surface area contributed by atoms with Crippen LogP contribution in [0, 0.1) is 13.8 Å². The van der Waals surface area contributed by atoms with Crippen LogP contribution in [0.15, 0.2) is 0 Å². The van der Waals surface area contributed by atoms with E-state index in [0.717, 1.165) is 11.4 Å². The van der Waals surface area contributed by atoms with E-state index in [0.29, 0.717) is 18.4 Å². The Morgan fingerprint density at radius 1 is 1.29 bits per heavy atom. The minimum absolute atomic E-state index is 0.320. The second-order valence-electron chi connectivity index (χ2n) is 3.52. The Morgan fingerprint density at radius 2 is 1.79 bits per heavy atom. The first-order chi connectivity index (χ1) is 6.60. The van der Waals surface area contributed by atoms with Gasteiger partial charge in [-0.2, -0.15) is 0 Å². The highest BCUT2D eigenvalue weighted by molar-refractivity contribution is 5.35. The normalized spacial score (nSPS) is 12.6. The van der Waals surface area contributed by atoms with Crippen molar-refractivity contribution >= 4 is 5.95 Å². The molecule has 1 aromatic heterocycles. The first kappa shape index (κ1) is 10.9. The molecule has 14 heavy (non-hydrogen) atoms. The average Bonchev–Trinajstić information content (AvgIpc) is 2.16. The van der Waals surface area contributed by atoms with E-state index in [1.807, 2.05) is 20.9 Å². The molecular weight excluding hydrogens is 176 g/mol. The van der Waals surface area contributed by atoms with E-state index >= 15 is 0 Å². The molecule has 0 bridgehead atoms. The van der Waals surface area contributed by atoms with Gasteiger partial charge in [-0.05, 0) is 31.9 Å². The van der Waals surface area contributed by atoms with Crippen molar-refractivity contribution in [2.45, 2.75) is 26.7 Å². The molecule has 0 saturated carbocycles. The largest absolute Gasteiger partial charge is 0.357 e. The summed E-state index contributed by atoms with van der Waals surface area (Å²) < 4.78 is 0. The Bertz CT molecular complexity index is 299. The van der Waals surface area contributed by atoms with Crippen molar-refractivity contribution in [1.29, 1.82) is 0 Å². The maximum atomic E-state index is 5.64. The second-order valence-corrected chi connectivity index (χ2v) is 3.52. The SMILES string of the molecule is CNc1nc(C)c(C(C)CN)c(C)n1. The van der Waals surface area contributed by atoms with Crippen molar-refractivity contribution in [3.8, 4) is 0 Å². The van der Waals surface area contributed by atoms with Gasteiger partial charge in [0.2, 0.25) is 5.95 Å². The summed E-state index contributed by atoms with van der Waals surface area (Å²) in [5.41, 5.74) is 8.84. The number of hydrogen-bond donors (Lipinski definition) is 2. The van der Waals surface area contributed by atoms with Crippen molar-refractivity contribution in [2.24, 2.45) is 5.73 Å². The minimum Gasteiger partial charge on any atom is -0.357 e. The van der Waals surface area contributed by atoms with Gasteiger partial charge < -0.3 is 11.1 Å². The number of nitrogens with two attached hydrogens (primary N) is 1. The van der Waals surface area contributed by atoms with Gasteiger partial charge in [0.05, 0.1) is 0 Å². The van der Waals surface area contributed by atoms with E-state index in [1.54, 1.807) is 0 Å². The molecule has 78 valence electrons. The van der Waals surface area contributed by atoms with Gasteiger partial charge in [-0.1, -0.05) is 6.92 Å². The molecule has 0 aromatic carbocycles. The summed E-state index contributed by atoms with van der Waals surface area (Å²) in [6.07, 6.45) is 0. The number of nitrogens with one attached hydrogen (secondary N) is 1. The van der Waals surface area contributed by atoms with Gasteiger partial charge in [0, 0.05) is 18.4 Å². The highest BCUT2D eigenvalue weighted by Gasteiger charge is 2.13. The summed E-state index contributed by atoms with van der Waals surface area (Å²) in [6, 6.07) is 0. The lowest BCUT2D eigenvalue weighted by Crippen LogP contribution is -2.14. The molecule has 0 fully saturated rings. The molecule has 0 amide bonds. The first-order valence-corrected chi connectivity index (χ1v) is 4.83. The van der Waals surface area contributed by atoms with Gasteiger partial charge in [0.25, 0.3) is 0 Å². The smallest absolute Gasteiger partial charge is 0.222 e. The van der Waals surface area contributed by atoms with Crippen LogP contribution in [0.1, 0.15) is 29.8 Å². The highest BCUT2D eigenvalue weighted by atomic mass is 15.1. The Balaban J connectivity index is 3.18. The van der Waals surface area contributed by atoms with Gasteiger partial charge in [-0.25, -0.2) is 9.97 Å². The van der Waals surface area contributed by atoms with E-state index in [1.165, 1.54) is 5.56 Å². The average molecular weight is 194 g/mol. The summed E-state index contributed by atoms with van der Waals surface area (Å²) in [4.78, 5) is 8.69. The Labute approximate surface area is 85.0 Å². The first-order valence-electron chi connectivity index (χ1n) is 4.83. The zero-order valence-corrected chi connectivity index (χ0v) is 9.26. The number of nitrogens with zero attached hydrogens (tertiary/aromatic N) is 2. The maximum absolute atomic E-state index is 5.64. The van der Waals surface area contributed by atoms with Crippen LogP contribution in [0.25, 0.3) is 0 Å². The van der Waals surface area contributed by atoms with Crippen LogP contribution in [0.2, 0.25) is 0 Å². The van der Waals surface area contributed by atoms with Crippen molar-refractivity contribution < 1.29 is 0 Å². The van der Waals surface area contributed by atoms with Gasteiger partial charge in [0.1, 0.15) is 0 Å². The Morgan fingerprint density at radius 3 is 2.14 bits per heavy atom. The molecule has 1 unspecified atom stereocenters. The molecule has 1 aromatic rings. The highest BCUT2D eigenvalue weighted by Crippen LogP contribution is 2.21. The predicted molar refractivity (Wildman–Crippen MR) is 58.5 cm³/mol. The van der Waals surface area contributed by atoms with Crippen LogP contribution in [0.4, 0.5) is 5.95 Å². The Kier molecular flexibility index (Phi) is 3.41. The topological polar surface area (TPSA) is 63.8 Å². The standard InChI is InChI=1S/C10H18N4/c1-6(5-11)9-7(2)13-10(12-4)14-8(9)3/h6H,5,11H2,1-4H3,(H,12,13,14). The molecule has 1 rings (SSSR count). The lowest BCUT2D eigenvalue weighted by molar-refractivity contribution is 0.744. The Hall–Kier alpha value is -1.16. The van der Waals surface area contributed by atoms with Gasteiger partial charge in [-0.3, -0.25) is 0 Å². The number of aromatic nitrogens is 2. The van der Waals surface area contributed by atoms with Crippen LogP contribution in [0.5, 0.6) is 0 Å². The van der Waals surface area contributed by atoms with E-state index in [2.05, 4.69) is 22.2 Å². The molecule has 4 nitrogen and oxygen atoms in total. The molecule has 0 aliphatic rings. The molecule has 4 heteroatoms. The van der Waals surface area contributed by atoms with E-state index in [4.69, 9.17) is 5.73 Å². The third kappa shape index (κ3) is 2.01. The second kappa shape index (κ2) is 4.37. The monoisotopic (exact) mass is 194 g/mol. The zero-order chi connectivity index (χ0) is 10.7. The molecule has 1 heterocycles. The summed E-state index contributed by atoms with van der Waals surface area (Å²) in [5, 5.41) is 2.94. The lowest BCUT2D eigenvalue weighted by Gasteiger charge is -2.15. The van der Waals surface area contributed by atoms with Crippen LogP contribution in [0.3, 0.4) is 0 Å². The molecule has 3 N–H and O–H groups in total. The van der Waals surface area contributed by atoms with Crippen LogP contribution in [-0.4, -0.2) is 23.6 Å². The molecule has 0 spiro atoms. The van der Waals surface area contributed by atoms with Crippen LogP contribution >= 0.6 is 0 Å². The van der Waals surface area contributed by atoms with E-state index in [-0.39, 0.29) is 0 Å². The van der Waals surface area contributed by atoms with Crippen molar-refractivity contribution in [2.75, 3.05) is 18.9 Å². The number of hydrogen-bond acceptors (Lipinski definition) is 4. The summed E-state index contributed by atoms with van der Waals surface area (Å²) >= 11 is 0. The summed E-state index contributed by atoms with van der Waals surface area (Å²) in [6.45, 7) is 6.72. The lowest BCUT2D eigenvalue weighted by atomic mass is 9.98. The van der Waals surface area contributed by atoms with Crippen molar-refractivity contribution in [3.63, 3.8) is 0 Å². The van der Waals surface area contributed by atoms with Crippen molar-refractivity contribution in [3.05, 3.63) is 17.0 Å². The van der Waals surface area contributed by atoms with Crippen LogP contribution in [-0.2, 0) is 0 Å². The number of anilines is 1. The molecule has 0 aliphatic heterocycles. The van der Waals surface area contributed by atoms with Gasteiger partial charge >= 0.3 is 0 Å². The number of rotatable bonds is 3. The fraction of sp³-hybridized carbons (Fsp3) is 0.600. The van der Waals surface area contributed by atoms with Crippen LogP contribution < -0.4 is 11.1 Å². The number of aryl methyl sites for hydroxylation is 2. The molecule has 0 aliphatic carbocycles. The van der Waals surface area contributed by atoms with Gasteiger partial charge in [0.15, 0.2) is 0 Å².